The van der Waals surface area contributed by atoms with Gasteiger partial charge in [-0.1, -0.05) is 50.2 Å². The number of carbonyl (C=O) groups excluding carboxylic acids is 1. The Hall–Kier alpha value is -3.47. The highest BCUT2D eigenvalue weighted by molar-refractivity contribution is 5.98. The highest BCUT2D eigenvalue weighted by Gasteiger charge is 2.33. The molecule has 0 radical (unpaired) electrons. The van der Waals surface area contributed by atoms with E-state index in [0.29, 0.717) is 17.4 Å². The molecule has 2 aliphatic heterocycles. The van der Waals surface area contributed by atoms with Crippen molar-refractivity contribution in [3.63, 3.8) is 0 Å². The van der Waals surface area contributed by atoms with E-state index in [1.54, 1.807) is 0 Å². The largest absolute Gasteiger partial charge is 0.454 e. The van der Waals surface area contributed by atoms with Gasteiger partial charge in [0.1, 0.15) is 6.04 Å². The summed E-state index contributed by atoms with van der Waals surface area (Å²) in [7, 11) is 0. The Morgan fingerprint density at radius 1 is 0.935 bits per heavy atom. The van der Waals surface area contributed by atoms with E-state index in [4.69, 9.17) is 9.47 Å². The number of benzene rings is 3. The molecule has 0 unspecified atom stereocenters. The molecule has 2 aliphatic rings. The number of hydrogen-bond donors (Lipinski definition) is 1. The van der Waals surface area contributed by atoms with Crippen molar-refractivity contribution in [3.8, 4) is 11.5 Å². The fourth-order valence-electron chi connectivity index (χ4n) is 4.35. The number of para-hydroxylation sites is 1. The first-order valence-corrected chi connectivity index (χ1v) is 10.7. The molecule has 1 atom stereocenters. The topological polar surface area (TPSA) is 50.8 Å². The molecule has 0 spiro atoms. The second-order valence-electron chi connectivity index (χ2n) is 8.35. The molecule has 1 N–H and O–H groups in total. The maximum Gasteiger partial charge on any atom is 0.251 e. The summed E-state index contributed by atoms with van der Waals surface area (Å²) in [5, 5.41) is 3.13. The zero-order chi connectivity index (χ0) is 21.4. The maximum absolute atomic E-state index is 13.6. The smallest absolute Gasteiger partial charge is 0.251 e. The Kier molecular flexibility index (Phi) is 5.02. The van der Waals surface area contributed by atoms with Crippen LogP contribution in [0.2, 0.25) is 0 Å². The molecule has 0 bridgehead atoms. The number of carbonyl (C=O) groups is 1. The SMILES string of the molecule is CC(C)c1ccc(NC(=O)[C@H](c2ccc3c(c2)OCO3)N2CCc3ccccc32)cc1. The molecule has 0 aromatic heterocycles. The minimum absolute atomic E-state index is 0.0622. The van der Waals surface area contributed by atoms with Gasteiger partial charge in [-0.15, -0.1) is 0 Å². The van der Waals surface area contributed by atoms with E-state index in [1.807, 2.05) is 42.5 Å². The Morgan fingerprint density at radius 3 is 2.48 bits per heavy atom. The lowest BCUT2D eigenvalue weighted by atomic mass is 10.0. The number of anilines is 2. The highest BCUT2D eigenvalue weighted by Crippen LogP contribution is 2.40. The van der Waals surface area contributed by atoms with Gasteiger partial charge in [-0.25, -0.2) is 0 Å². The Bertz CT molecular complexity index is 1110. The summed E-state index contributed by atoms with van der Waals surface area (Å²) in [6.45, 7) is 5.32. The normalized spacial score (nSPS) is 15.1. The first-order chi connectivity index (χ1) is 15.1. The van der Waals surface area contributed by atoms with Gasteiger partial charge in [0, 0.05) is 17.9 Å². The number of hydrogen-bond acceptors (Lipinski definition) is 4. The molecule has 0 fully saturated rings. The molecule has 158 valence electrons. The van der Waals surface area contributed by atoms with Crippen LogP contribution < -0.4 is 19.7 Å². The van der Waals surface area contributed by atoms with Crippen LogP contribution in [0, 0.1) is 0 Å². The van der Waals surface area contributed by atoms with E-state index >= 15 is 0 Å². The first kappa shape index (κ1) is 19.5. The second-order valence-corrected chi connectivity index (χ2v) is 8.35. The monoisotopic (exact) mass is 414 g/mol. The van der Waals surface area contributed by atoms with E-state index in [1.165, 1.54) is 11.1 Å². The average molecular weight is 415 g/mol. The summed E-state index contributed by atoms with van der Waals surface area (Å²) in [5.41, 5.74) is 5.31. The molecule has 2 heterocycles. The van der Waals surface area contributed by atoms with Gasteiger partial charge in [-0.2, -0.15) is 0 Å². The van der Waals surface area contributed by atoms with Crippen molar-refractivity contribution in [1.29, 1.82) is 0 Å². The number of nitrogens with zero attached hydrogens (tertiary/aromatic N) is 1. The molecular weight excluding hydrogens is 388 g/mol. The van der Waals surface area contributed by atoms with E-state index in [9.17, 15) is 4.79 Å². The molecule has 5 nitrogen and oxygen atoms in total. The van der Waals surface area contributed by atoms with Crippen LogP contribution in [0.1, 0.15) is 42.5 Å². The van der Waals surface area contributed by atoms with Gasteiger partial charge in [0.05, 0.1) is 0 Å². The van der Waals surface area contributed by atoms with Crippen LogP contribution in [0.15, 0.2) is 66.7 Å². The predicted octanol–water partition coefficient (Wildman–Crippen LogP) is 5.28. The quantitative estimate of drug-likeness (QED) is 0.617. The van der Waals surface area contributed by atoms with Gasteiger partial charge >= 0.3 is 0 Å². The minimum atomic E-state index is -0.470. The third-order valence-corrected chi connectivity index (χ3v) is 6.04. The molecule has 3 aromatic rings. The fraction of sp³-hybridized carbons (Fsp3) is 0.269. The van der Waals surface area contributed by atoms with Crippen molar-refractivity contribution in [3.05, 3.63) is 83.4 Å². The summed E-state index contributed by atoms with van der Waals surface area (Å²) >= 11 is 0. The van der Waals surface area contributed by atoms with E-state index < -0.39 is 6.04 Å². The standard InChI is InChI=1S/C26H26N2O3/c1-17(2)18-7-10-21(11-8-18)27-26(29)25(20-9-12-23-24(15-20)31-16-30-23)28-14-13-19-5-3-4-6-22(19)28/h3-12,15,17,25H,13-14,16H2,1-2H3,(H,27,29)/t25-/m0/s1. The van der Waals surface area contributed by atoms with Crippen molar-refractivity contribution in [2.24, 2.45) is 0 Å². The van der Waals surface area contributed by atoms with Gasteiger partial charge in [0.25, 0.3) is 5.91 Å². The molecule has 1 amide bonds. The number of amides is 1. The van der Waals surface area contributed by atoms with Gasteiger partial charge in [0.2, 0.25) is 6.79 Å². The summed E-state index contributed by atoms with van der Waals surface area (Å²) < 4.78 is 11.0. The van der Waals surface area contributed by atoms with Crippen LogP contribution in [-0.2, 0) is 11.2 Å². The molecule has 5 heteroatoms. The average Bonchev–Trinajstić information content (AvgIpc) is 3.41. The van der Waals surface area contributed by atoms with Crippen LogP contribution in [0.4, 0.5) is 11.4 Å². The van der Waals surface area contributed by atoms with E-state index in [2.05, 4.69) is 48.3 Å². The molecular formula is C26H26N2O3. The van der Waals surface area contributed by atoms with Crippen molar-refractivity contribution in [2.45, 2.75) is 32.2 Å². The molecule has 3 aromatic carbocycles. The van der Waals surface area contributed by atoms with Crippen LogP contribution in [0.3, 0.4) is 0 Å². The Labute approximate surface area is 182 Å². The van der Waals surface area contributed by atoms with Crippen LogP contribution in [-0.4, -0.2) is 19.2 Å². The van der Waals surface area contributed by atoms with E-state index in [0.717, 1.165) is 29.9 Å². The third-order valence-electron chi connectivity index (χ3n) is 6.04. The molecule has 5 rings (SSSR count). The van der Waals surface area contributed by atoms with Crippen molar-refractivity contribution in [2.75, 3.05) is 23.6 Å². The molecule has 0 aliphatic carbocycles. The summed E-state index contributed by atoms with van der Waals surface area (Å²) in [4.78, 5) is 15.8. The number of ether oxygens (including phenoxy) is 2. The lowest BCUT2D eigenvalue weighted by Crippen LogP contribution is -2.36. The lowest BCUT2D eigenvalue weighted by Gasteiger charge is -2.30. The van der Waals surface area contributed by atoms with E-state index in [-0.39, 0.29) is 12.7 Å². The zero-order valence-electron chi connectivity index (χ0n) is 17.8. The van der Waals surface area contributed by atoms with Crippen molar-refractivity contribution < 1.29 is 14.3 Å². The second kappa shape index (κ2) is 7.99. The predicted molar refractivity (Wildman–Crippen MR) is 122 cm³/mol. The maximum atomic E-state index is 13.6. The summed E-state index contributed by atoms with van der Waals surface area (Å²) in [5.74, 6) is 1.79. The van der Waals surface area contributed by atoms with Crippen molar-refractivity contribution in [1.82, 2.24) is 0 Å². The van der Waals surface area contributed by atoms with Crippen LogP contribution >= 0.6 is 0 Å². The molecule has 0 saturated heterocycles. The van der Waals surface area contributed by atoms with Crippen LogP contribution in [0.25, 0.3) is 0 Å². The van der Waals surface area contributed by atoms with Gasteiger partial charge in [0.15, 0.2) is 11.5 Å². The molecule has 0 saturated carbocycles. The number of nitrogens with one attached hydrogen (secondary N) is 1. The number of fused-ring (bicyclic) bond motifs is 2. The first-order valence-electron chi connectivity index (χ1n) is 10.7. The van der Waals surface area contributed by atoms with Gasteiger partial charge < -0.3 is 19.7 Å². The van der Waals surface area contributed by atoms with Crippen LogP contribution in [0.5, 0.6) is 11.5 Å². The zero-order valence-corrected chi connectivity index (χ0v) is 17.8. The number of rotatable bonds is 5. The minimum Gasteiger partial charge on any atom is -0.454 e. The highest BCUT2D eigenvalue weighted by atomic mass is 16.7. The van der Waals surface area contributed by atoms with Gasteiger partial charge in [-0.3, -0.25) is 4.79 Å². The molecule has 31 heavy (non-hydrogen) atoms. The summed E-state index contributed by atoms with van der Waals surface area (Å²) in [6, 6.07) is 21.7. The fourth-order valence-corrected chi connectivity index (χ4v) is 4.35. The Balaban J connectivity index is 1.49. The lowest BCUT2D eigenvalue weighted by molar-refractivity contribution is -0.117. The Morgan fingerprint density at radius 2 is 1.68 bits per heavy atom. The van der Waals surface area contributed by atoms with Crippen molar-refractivity contribution >= 4 is 17.3 Å². The van der Waals surface area contributed by atoms with Gasteiger partial charge in [-0.05, 0) is 59.4 Å². The third kappa shape index (κ3) is 3.72. The summed E-state index contributed by atoms with van der Waals surface area (Å²) in [6.07, 6.45) is 0.924.